The van der Waals surface area contributed by atoms with Crippen molar-refractivity contribution in [2.24, 2.45) is 0 Å². The molecule has 1 aromatic carbocycles. The van der Waals surface area contributed by atoms with Crippen LogP contribution in [0.2, 0.25) is 0 Å². The highest BCUT2D eigenvalue weighted by Crippen LogP contribution is 2.18. The topological polar surface area (TPSA) is 38.3 Å². The molecule has 0 bridgehead atoms. The lowest BCUT2D eigenvalue weighted by Crippen LogP contribution is -2.24. The largest absolute Gasteiger partial charge is 0.482 e. The second-order valence-corrected chi connectivity index (χ2v) is 4.17. The van der Waals surface area contributed by atoms with Gasteiger partial charge in [-0.25, -0.2) is 0 Å². The summed E-state index contributed by atoms with van der Waals surface area (Å²) >= 11 is 3.19. The molecule has 0 atom stereocenters. The Hall–Kier alpha value is -1.03. The number of halogens is 1. The van der Waals surface area contributed by atoms with E-state index in [1.807, 2.05) is 12.1 Å². The predicted molar refractivity (Wildman–Crippen MR) is 72.7 cm³/mol. The van der Waals surface area contributed by atoms with Crippen LogP contribution in [0.1, 0.15) is 36.5 Å². The number of nitrogens with one attached hydrogen (secondary N) is 1. The highest BCUT2D eigenvalue weighted by Gasteiger charge is 2.10. The van der Waals surface area contributed by atoms with Gasteiger partial charge in [0.25, 0.3) is 5.91 Å². The van der Waals surface area contributed by atoms with Crippen molar-refractivity contribution >= 4 is 21.8 Å². The fraction of sp³-hybridized carbons (Fsp3) is 0.462. The third-order valence-corrected chi connectivity index (χ3v) is 2.64. The standard InChI is InChI=1S/C13H18BrNO2/c1-2-3-6-9-15-13(16)11-7-4-5-8-12(11)17-10-14/h4-5,7-8H,2-3,6,9-10H2,1H3,(H,15,16). The zero-order chi connectivity index (χ0) is 12.5. The second-order valence-electron chi connectivity index (χ2n) is 3.71. The lowest BCUT2D eigenvalue weighted by molar-refractivity contribution is 0.0950. The minimum Gasteiger partial charge on any atom is -0.482 e. The van der Waals surface area contributed by atoms with E-state index in [2.05, 4.69) is 28.2 Å². The molecule has 1 aromatic rings. The van der Waals surface area contributed by atoms with Crippen molar-refractivity contribution in [2.45, 2.75) is 26.2 Å². The van der Waals surface area contributed by atoms with Gasteiger partial charge in [0.1, 0.15) is 11.3 Å². The highest BCUT2D eigenvalue weighted by atomic mass is 79.9. The molecule has 3 nitrogen and oxygen atoms in total. The zero-order valence-electron chi connectivity index (χ0n) is 10.0. The van der Waals surface area contributed by atoms with Gasteiger partial charge in [0.2, 0.25) is 0 Å². The van der Waals surface area contributed by atoms with E-state index >= 15 is 0 Å². The van der Waals surface area contributed by atoms with Crippen molar-refractivity contribution in [1.82, 2.24) is 5.32 Å². The monoisotopic (exact) mass is 299 g/mol. The Balaban J connectivity index is 2.55. The third-order valence-electron chi connectivity index (χ3n) is 2.41. The van der Waals surface area contributed by atoms with E-state index in [9.17, 15) is 4.79 Å². The average molecular weight is 300 g/mol. The van der Waals surface area contributed by atoms with E-state index < -0.39 is 0 Å². The van der Waals surface area contributed by atoms with Crippen LogP contribution in [0.4, 0.5) is 0 Å². The smallest absolute Gasteiger partial charge is 0.255 e. The molecule has 1 rings (SSSR count). The number of ether oxygens (including phenoxy) is 1. The number of hydrogen-bond donors (Lipinski definition) is 1. The molecular weight excluding hydrogens is 282 g/mol. The van der Waals surface area contributed by atoms with Gasteiger partial charge in [0.05, 0.1) is 5.56 Å². The van der Waals surface area contributed by atoms with Crippen LogP contribution >= 0.6 is 15.9 Å². The molecule has 0 saturated carbocycles. The summed E-state index contributed by atoms with van der Waals surface area (Å²) in [5.74, 6) is 0.537. The number of carbonyl (C=O) groups excluding carboxylic acids is 1. The molecule has 0 aromatic heterocycles. The van der Waals surface area contributed by atoms with Gasteiger partial charge < -0.3 is 10.1 Å². The lowest BCUT2D eigenvalue weighted by atomic mass is 10.2. The molecule has 0 aliphatic rings. The third kappa shape index (κ3) is 4.77. The van der Waals surface area contributed by atoms with Gasteiger partial charge in [-0.15, -0.1) is 0 Å². The quantitative estimate of drug-likeness (QED) is 0.619. The number of rotatable bonds is 7. The molecule has 1 amide bonds. The van der Waals surface area contributed by atoms with Crippen molar-refractivity contribution in [3.8, 4) is 5.75 Å². The summed E-state index contributed by atoms with van der Waals surface area (Å²) in [4.78, 5) is 11.9. The Morgan fingerprint density at radius 3 is 2.82 bits per heavy atom. The Morgan fingerprint density at radius 2 is 2.12 bits per heavy atom. The molecule has 0 unspecified atom stereocenters. The molecule has 4 heteroatoms. The maximum Gasteiger partial charge on any atom is 0.255 e. The Labute approximate surface area is 111 Å². The number of alkyl halides is 1. The van der Waals surface area contributed by atoms with Crippen LogP contribution in [0.5, 0.6) is 5.75 Å². The Bertz CT molecular complexity index is 355. The SMILES string of the molecule is CCCCCNC(=O)c1ccccc1OCBr. The molecule has 0 spiro atoms. The fourth-order valence-electron chi connectivity index (χ4n) is 1.51. The van der Waals surface area contributed by atoms with Gasteiger partial charge in [-0.1, -0.05) is 31.9 Å². The molecule has 0 radical (unpaired) electrons. The first-order valence-electron chi connectivity index (χ1n) is 5.85. The first-order valence-corrected chi connectivity index (χ1v) is 6.97. The Morgan fingerprint density at radius 1 is 1.35 bits per heavy atom. The van der Waals surface area contributed by atoms with E-state index in [1.54, 1.807) is 12.1 Å². The fourth-order valence-corrected chi connectivity index (χ4v) is 1.76. The maximum absolute atomic E-state index is 11.9. The first kappa shape index (κ1) is 14.0. The number of para-hydroxylation sites is 1. The molecule has 1 N–H and O–H groups in total. The normalized spacial score (nSPS) is 10.0. The molecule has 17 heavy (non-hydrogen) atoms. The van der Waals surface area contributed by atoms with Gasteiger partial charge in [0, 0.05) is 6.54 Å². The number of amides is 1. The summed E-state index contributed by atoms with van der Waals surface area (Å²) in [6, 6.07) is 7.25. The van der Waals surface area contributed by atoms with Crippen LogP contribution in [0.25, 0.3) is 0 Å². The lowest BCUT2D eigenvalue weighted by Gasteiger charge is -2.09. The van der Waals surface area contributed by atoms with E-state index in [0.717, 1.165) is 25.8 Å². The van der Waals surface area contributed by atoms with E-state index in [1.165, 1.54) is 0 Å². The number of unbranched alkanes of at least 4 members (excludes halogenated alkanes) is 2. The summed E-state index contributed by atoms with van der Waals surface area (Å²) in [5.41, 5.74) is 0.969. The molecule has 0 fully saturated rings. The predicted octanol–water partition coefficient (Wildman–Crippen LogP) is 3.34. The van der Waals surface area contributed by atoms with Gasteiger partial charge in [0.15, 0.2) is 0 Å². The summed E-state index contributed by atoms with van der Waals surface area (Å²) in [7, 11) is 0. The van der Waals surface area contributed by atoms with Gasteiger partial charge in [-0.2, -0.15) is 0 Å². The molecule has 0 aliphatic heterocycles. The number of benzene rings is 1. The van der Waals surface area contributed by atoms with Crippen molar-refractivity contribution < 1.29 is 9.53 Å². The minimum atomic E-state index is -0.0716. The summed E-state index contributed by atoms with van der Waals surface area (Å²) < 4.78 is 5.34. The maximum atomic E-state index is 11.9. The second kappa shape index (κ2) is 8.12. The summed E-state index contributed by atoms with van der Waals surface area (Å²) in [5, 5.41) is 2.90. The molecular formula is C13H18BrNO2. The van der Waals surface area contributed by atoms with Gasteiger partial charge in [-0.3, -0.25) is 4.79 Å². The van der Waals surface area contributed by atoms with Crippen molar-refractivity contribution in [3.05, 3.63) is 29.8 Å². The number of carbonyl (C=O) groups is 1. The van der Waals surface area contributed by atoms with Gasteiger partial charge in [-0.05, 0) is 34.5 Å². The summed E-state index contributed by atoms with van der Waals surface area (Å²) in [6.45, 7) is 2.86. The summed E-state index contributed by atoms with van der Waals surface area (Å²) in [6.07, 6.45) is 3.31. The molecule has 0 heterocycles. The van der Waals surface area contributed by atoms with E-state index in [4.69, 9.17) is 4.74 Å². The average Bonchev–Trinajstić information content (AvgIpc) is 2.35. The van der Waals surface area contributed by atoms with Crippen molar-refractivity contribution in [3.63, 3.8) is 0 Å². The first-order chi connectivity index (χ1) is 8.29. The van der Waals surface area contributed by atoms with Crippen LogP contribution in [0, 0.1) is 0 Å². The molecule has 0 aliphatic carbocycles. The van der Waals surface area contributed by atoms with Crippen LogP contribution in [-0.4, -0.2) is 18.0 Å². The Kier molecular flexibility index (Phi) is 6.70. The molecule has 94 valence electrons. The van der Waals surface area contributed by atoms with Crippen LogP contribution in [-0.2, 0) is 0 Å². The van der Waals surface area contributed by atoms with Crippen molar-refractivity contribution in [2.75, 3.05) is 12.1 Å². The van der Waals surface area contributed by atoms with Crippen LogP contribution in [0.15, 0.2) is 24.3 Å². The molecule has 0 saturated heterocycles. The van der Waals surface area contributed by atoms with E-state index in [0.29, 0.717) is 16.8 Å². The van der Waals surface area contributed by atoms with E-state index in [-0.39, 0.29) is 5.91 Å². The zero-order valence-corrected chi connectivity index (χ0v) is 11.6. The van der Waals surface area contributed by atoms with Gasteiger partial charge >= 0.3 is 0 Å². The van der Waals surface area contributed by atoms with Crippen LogP contribution < -0.4 is 10.1 Å². The van der Waals surface area contributed by atoms with Crippen LogP contribution in [0.3, 0.4) is 0 Å². The van der Waals surface area contributed by atoms with Crippen molar-refractivity contribution in [1.29, 1.82) is 0 Å². The number of hydrogen-bond acceptors (Lipinski definition) is 2. The minimum absolute atomic E-state index is 0.0716. The highest BCUT2D eigenvalue weighted by molar-refractivity contribution is 9.09.